The van der Waals surface area contributed by atoms with Gasteiger partial charge in [0.05, 0.1) is 0 Å². The molecule has 0 atom stereocenters. The number of carbonyl (C=O) groups is 1. The van der Waals surface area contributed by atoms with Crippen molar-refractivity contribution >= 4 is 5.97 Å². The van der Waals surface area contributed by atoms with Crippen LogP contribution in [-0.2, 0) is 4.79 Å². The highest BCUT2D eigenvalue weighted by Gasteiger charge is 1.95. The topological polar surface area (TPSA) is 77.8 Å². The van der Waals surface area contributed by atoms with Crippen molar-refractivity contribution in [3.8, 4) is 0 Å². The van der Waals surface area contributed by atoms with Crippen molar-refractivity contribution in [3.05, 3.63) is 0 Å². The van der Waals surface area contributed by atoms with Gasteiger partial charge in [-0.15, -0.1) is 0 Å². The largest absolute Gasteiger partial charge is 0.481 e. The third-order valence-corrected chi connectivity index (χ3v) is 0.668. The van der Waals surface area contributed by atoms with Crippen molar-refractivity contribution in [1.82, 2.24) is 0 Å². The van der Waals surface area contributed by atoms with Crippen molar-refractivity contribution in [3.63, 3.8) is 0 Å². The van der Waals surface area contributed by atoms with Crippen molar-refractivity contribution in [1.29, 1.82) is 0 Å². The lowest BCUT2D eigenvalue weighted by Gasteiger charge is -2.05. The second-order valence-electron chi connectivity index (χ2n) is 4.64. The lowest BCUT2D eigenvalue weighted by molar-refractivity contribution is -0.136. The zero-order valence-corrected chi connectivity index (χ0v) is 10.7. The number of hydrogen-bond acceptors (Lipinski definition) is 3. The normalized spacial score (nSPS) is 9.67. The zero-order valence-electron chi connectivity index (χ0n) is 10.7. The average Bonchev–Trinajstić information content (AvgIpc) is 2.02. The fourth-order valence-electron chi connectivity index (χ4n) is 0. The Labute approximate surface area is 92.9 Å². The van der Waals surface area contributed by atoms with Crippen LogP contribution >= 0.6 is 0 Å². The maximum Gasteiger partial charge on any atom is 0.303 e. The number of carboxylic acid groups (broad SMARTS) is 1. The van der Waals surface area contributed by atoms with Crippen LogP contribution < -0.4 is 0 Å². The molecule has 0 aromatic carbocycles. The van der Waals surface area contributed by atoms with E-state index in [2.05, 4.69) is 27.7 Å². The van der Waals surface area contributed by atoms with E-state index in [1.807, 2.05) is 0 Å². The van der Waals surface area contributed by atoms with E-state index >= 15 is 0 Å². The van der Waals surface area contributed by atoms with Gasteiger partial charge < -0.3 is 15.3 Å². The molecule has 15 heavy (non-hydrogen) atoms. The highest BCUT2D eigenvalue weighted by Crippen LogP contribution is 2.08. The summed E-state index contributed by atoms with van der Waals surface area (Å²) in [5, 5.41) is 23.6. The van der Waals surface area contributed by atoms with Crippen LogP contribution in [0.25, 0.3) is 0 Å². The van der Waals surface area contributed by atoms with Crippen LogP contribution in [0.3, 0.4) is 0 Å². The third-order valence-electron chi connectivity index (χ3n) is 0.668. The first-order valence-electron chi connectivity index (χ1n) is 5.12. The summed E-state index contributed by atoms with van der Waals surface area (Å²) < 4.78 is 0. The molecular weight excluding hydrogens is 196 g/mol. The predicted molar refractivity (Wildman–Crippen MR) is 61.6 cm³/mol. The maximum atomic E-state index is 9.37. The Morgan fingerprint density at radius 3 is 1.27 bits per heavy atom. The lowest BCUT2D eigenvalue weighted by Crippen LogP contribution is -1.99. The summed E-state index contributed by atoms with van der Waals surface area (Å²) in [7, 11) is 0. The maximum absolute atomic E-state index is 9.37. The predicted octanol–water partition coefficient (Wildman–Crippen LogP) is 2.24. The van der Waals surface area contributed by atoms with E-state index < -0.39 is 12.3 Å². The Morgan fingerprint density at radius 1 is 1.13 bits per heavy atom. The van der Waals surface area contributed by atoms with E-state index in [9.17, 15) is 4.79 Å². The molecular formula is C11H26O4. The molecule has 4 nitrogen and oxygen atoms in total. The Hall–Kier alpha value is -0.610. The Balaban J connectivity index is -0.000000144. The van der Waals surface area contributed by atoms with E-state index in [1.54, 1.807) is 13.8 Å². The number of aliphatic hydroxyl groups excluding tert-OH is 1. The van der Waals surface area contributed by atoms with Gasteiger partial charge in [-0.3, -0.25) is 4.79 Å². The molecule has 0 aliphatic carbocycles. The molecule has 0 rings (SSSR count). The minimum absolute atomic E-state index is 0.222. The molecule has 0 bridgehead atoms. The quantitative estimate of drug-likeness (QED) is 0.626. The number of rotatable bonds is 2. The summed E-state index contributed by atoms with van der Waals surface area (Å²) >= 11 is 0. The molecule has 0 radical (unpaired) electrons. The number of hydrogen-bond donors (Lipinski definition) is 3. The molecule has 4 heteroatoms. The molecule has 0 heterocycles. The molecule has 94 valence electrons. The Kier molecular flexibility index (Phi) is 15.2. The van der Waals surface area contributed by atoms with Crippen LogP contribution in [0.15, 0.2) is 0 Å². The van der Waals surface area contributed by atoms with Gasteiger partial charge in [-0.1, -0.05) is 41.5 Å². The fourth-order valence-corrected chi connectivity index (χ4v) is 0. The van der Waals surface area contributed by atoms with Gasteiger partial charge in [0.25, 0.3) is 0 Å². The molecule has 0 aliphatic rings. The summed E-state index contributed by atoms with van der Waals surface area (Å²) in [4.78, 5) is 9.37. The number of carboxylic acids is 1. The summed E-state index contributed by atoms with van der Waals surface area (Å²) in [5.74, 6) is -0.745. The Morgan fingerprint density at radius 2 is 1.27 bits per heavy atom. The lowest BCUT2D eigenvalue weighted by atomic mass is 10.0. The van der Waals surface area contributed by atoms with Crippen LogP contribution in [0.4, 0.5) is 0 Å². The second-order valence-corrected chi connectivity index (χ2v) is 4.64. The number of aliphatic hydroxyl groups is 2. The number of aliphatic carboxylic acids is 1. The van der Waals surface area contributed by atoms with Crippen molar-refractivity contribution in [2.24, 2.45) is 5.41 Å². The van der Waals surface area contributed by atoms with Gasteiger partial charge in [0.1, 0.15) is 0 Å². The molecule has 3 N–H and O–H groups in total. The monoisotopic (exact) mass is 222 g/mol. The van der Waals surface area contributed by atoms with Crippen molar-refractivity contribution in [2.45, 2.75) is 60.7 Å². The van der Waals surface area contributed by atoms with E-state index in [0.717, 1.165) is 0 Å². The van der Waals surface area contributed by atoms with Gasteiger partial charge in [-0.2, -0.15) is 0 Å². The summed E-state index contributed by atoms with van der Waals surface area (Å²) in [6.45, 7) is 12.0. The second kappa shape index (κ2) is 11.5. The standard InChI is InChI=1S/C5H12.C3H8O2.C3H6O2/c1-5(2,3)4;2*1-2-3(4)5/h1-4H3;3-5H,2H2,1H3;2H2,1H3,(H,4,5). The molecule has 0 saturated heterocycles. The van der Waals surface area contributed by atoms with E-state index in [0.29, 0.717) is 11.8 Å². The molecule has 0 aromatic heterocycles. The van der Waals surface area contributed by atoms with Gasteiger partial charge in [0.15, 0.2) is 6.29 Å². The van der Waals surface area contributed by atoms with Crippen LogP contribution in [0.1, 0.15) is 54.4 Å². The van der Waals surface area contributed by atoms with Gasteiger partial charge in [-0.25, -0.2) is 0 Å². The first-order valence-corrected chi connectivity index (χ1v) is 5.12. The summed E-state index contributed by atoms with van der Waals surface area (Å²) in [5.41, 5.74) is 0.500. The highest BCUT2D eigenvalue weighted by molar-refractivity contribution is 5.66. The zero-order chi connectivity index (χ0) is 13.1. The van der Waals surface area contributed by atoms with E-state index in [4.69, 9.17) is 15.3 Å². The summed E-state index contributed by atoms with van der Waals surface area (Å²) in [6, 6.07) is 0. The average molecular weight is 222 g/mol. The van der Waals surface area contributed by atoms with E-state index in [-0.39, 0.29) is 6.42 Å². The fraction of sp³-hybridized carbons (Fsp3) is 0.909. The minimum atomic E-state index is -1.12. The molecule has 0 saturated carbocycles. The van der Waals surface area contributed by atoms with Crippen LogP contribution in [-0.4, -0.2) is 27.6 Å². The van der Waals surface area contributed by atoms with Gasteiger partial charge >= 0.3 is 5.97 Å². The van der Waals surface area contributed by atoms with Gasteiger partial charge in [0.2, 0.25) is 0 Å². The summed E-state index contributed by atoms with van der Waals surface area (Å²) in [6.07, 6.45) is -0.477. The molecule has 0 fully saturated rings. The first kappa shape index (κ1) is 19.9. The van der Waals surface area contributed by atoms with Crippen LogP contribution in [0, 0.1) is 5.41 Å². The molecule has 0 unspecified atom stereocenters. The van der Waals surface area contributed by atoms with Crippen molar-refractivity contribution < 1.29 is 20.1 Å². The van der Waals surface area contributed by atoms with Crippen LogP contribution in [0.5, 0.6) is 0 Å². The molecule has 0 amide bonds. The highest BCUT2D eigenvalue weighted by atomic mass is 16.5. The van der Waals surface area contributed by atoms with E-state index in [1.165, 1.54) is 0 Å². The smallest absolute Gasteiger partial charge is 0.303 e. The van der Waals surface area contributed by atoms with Gasteiger partial charge in [0, 0.05) is 6.42 Å². The molecule has 0 aromatic rings. The Bertz CT molecular complexity index is 130. The third kappa shape index (κ3) is 151. The first-order chi connectivity index (χ1) is 6.54. The molecule has 0 spiro atoms. The SMILES string of the molecule is CC(C)(C)C.CCC(=O)O.CCC(O)O. The molecule has 0 aliphatic heterocycles. The van der Waals surface area contributed by atoms with Crippen molar-refractivity contribution in [2.75, 3.05) is 0 Å². The minimum Gasteiger partial charge on any atom is -0.481 e. The van der Waals surface area contributed by atoms with Crippen LogP contribution in [0.2, 0.25) is 0 Å². The van der Waals surface area contributed by atoms with Gasteiger partial charge in [-0.05, 0) is 11.8 Å².